The molecule has 0 fully saturated rings. The van der Waals surface area contributed by atoms with Crippen molar-refractivity contribution in [1.82, 2.24) is 5.32 Å². The van der Waals surface area contributed by atoms with E-state index in [9.17, 15) is 14.7 Å². The summed E-state index contributed by atoms with van der Waals surface area (Å²) in [6.45, 7) is 1.72. The number of ether oxygens (including phenoxy) is 1. The SMILES string of the molecule is C[C@H](NC(=O)c1ccccc1NC(=O)COc1cccc2c1CCC[C@H]2O)c1ccccc1. The fourth-order valence-corrected chi connectivity index (χ4v) is 4.14. The van der Waals surface area contributed by atoms with Crippen molar-refractivity contribution >= 4 is 17.5 Å². The van der Waals surface area contributed by atoms with Crippen molar-refractivity contribution in [2.45, 2.75) is 38.3 Å². The van der Waals surface area contributed by atoms with E-state index in [0.717, 1.165) is 36.0 Å². The van der Waals surface area contributed by atoms with Crippen molar-refractivity contribution in [1.29, 1.82) is 0 Å². The number of benzene rings is 3. The van der Waals surface area contributed by atoms with E-state index in [0.29, 0.717) is 17.0 Å². The summed E-state index contributed by atoms with van der Waals surface area (Å²) in [6, 6.07) is 22.0. The van der Waals surface area contributed by atoms with Gasteiger partial charge in [0.25, 0.3) is 11.8 Å². The smallest absolute Gasteiger partial charge is 0.262 e. The number of hydrogen-bond acceptors (Lipinski definition) is 4. The molecular formula is C27H28N2O4. The topological polar surface area (TPSA) is 87.7 Å². The third-order valence-corrected chi connectivity index (χ3v) is 5.88. The quantitative estimate of drug-likeness (QED) is 0.498. The number of hydrogen-bond donors (Lipinski definition) is 3. The highest BCUT2D eigenvalue weighted by Gasteiger charge is 2.21. The molecule has 1 aliphatic carbocycles. The molecule has 1 aliphatic rings. The Hall–Kier alpha value is -3.64. The predicted molar refractivity (Wildman–Crippen MR) is 127 cm³/mol. The molecule has 0 aliphatic heterocycles. The number of anilines is 1. The van der Waals surface area contributed by atoms with E-state index >= 15 is 0 Å². The minimum absolute atomic E-state index is 0.176. The summed E-state index contributed by atoms with van der Waals surface area (Å²) in [5.74, 6) is -0.0151. The number of carbonyl (C=O) groups is 2. The van der Waals surface area contributed by atoms with Crippen LogP contribution in [0, 0.1) is 0 Å². The average Bonchev–Trinajstić information content (AvgIpc) is 2.84. The average molecular weight is 445 g/mol. The maximum Gasteiger partial charge on any atom is 0.262 e. The minimum Gasteiger partial charge on any atom is -0.483 e. The molecular weight excluding hydrogens is 416 g/mol. The van der Waals surface area contributed by atoms with Crippen LogP contribution in [-0.2, 0) is 11.2 Å². The molecule has 6 nitrogen and oxygen atoms in total. The molecule has 4 rings (SSSR count). The van der Waals surface area contributed by atoms with Crippen LogP contribution in [0.15, 0.2) is 72.8 Å². The van der Waals surface area contributed by atoms with E-state index in [1.807, 2.05) is 55.5 Å². The normalized spacial score (nSPS) is 15.8. The largest absolute Gasteiger partial charge is 0.483 e. The summed E-state index contributed by atoms with van der Waals surface area (Å²) in [5, 5.41) is 16.0. The molecule has 2 atom stereocenters. The zero-order valence-corrected chi connectivity index (χ0v) is 18.6. The van der Waals surface area contributed by atoms with Crippen molar-refractivity contribution in [3.05, 3.63) is 95.1 Å². The lowest BCUT2D eigenvalue weighted by Gasteiger charge is -2.23. The monoisotopic (exact) mass is 444 g/mol. The zero-order chi connectivity index (χ0) is 23.2. The standard InChI is InChI=1S/C27H28N2O4/c1-18(19-9-3-2-4-10-19)28-27(32)22-11-5-6-14-23(22)29-26(31)17-33-25-16-8-12-20-21(25)13-7-15-24(20)30/h2-6,8-12,14,16,18,24,30H,7,13,15,17H2,1H3,(H,28,32)(H,29,31)/t18-,24+/m0/s1. The van der Waals surface area contributed by atoms with Gasteiger partial charge in [-0.25, -0.2) is 0 Å². The lowest BCUT2D eigenvalue weighted by atomic mass is 9.89. The number of para-hydroxylation sites is 1. The number of aliphatic hydroxyl groups is 1. The van der Waals surface area contributed by atoms with E-state index in [4.69, 9.17) is 4.74 Å². The molecule has 3 aromatic rings. The Morgan fingerprint density at radius 1 is 1.03 bits per heavy atom. The highest BCUT2D eigenvalue weighted by atomic mass is 16.5. The number of carbonyl (C=O) groups excluding carboxylic acids is 2. The molecule has 2 amide bonds. The molecule has 0 unspecified atom stereocenters. The summed E-state index contributed by atoms with van der Waals surface area (Å²) >= 11 is 0. The molecule has 0 aromatic heterocycles. The molecule has 3 N–H and O–H groups in total. The summed E-state index contributed by atoms with van der Waals surface area (Å²) < 4.78 is 5.79. The van der Waals surface area contributed by atoms with Crippen molar-refractivity contribution < 1.29 is 19.4 Å². The summed E-state index contributed by atoms with van der Waals surface area (Å²) in [6.07, 6.45) is 1.94. The maximum atomic E-state index is 12.9. The van der Waals surface area contributed by atoms with Crippen LogP contribution in [0.3, 0.4) is 0 Å². The van der Waals surface area contributed by atoms with Crippen molar-refractivity contribution in [2.75, 3.05) is 11.9 Å². The zero-order valence-electron chi connectivity index (χ0n) is 18.6. The van der Waals surface area contributed by atoms with Gasteiger partial charge >= 0.3 is 0 Å². The van der Waals surface area contributed by atoms with Gasteiger partial charge in [0, 0.05) is 0 Å². The van der Waals surface area contributed by atoms with E-state index in [2.05, 4.69) is 10.6 Å². The van der Waals surface area contributed by atoms with Crippen molar-refractivity contribution in [3.63, 3.8) is 0 Å². The van der Waals surface area contributed by atoms with Gasteiger partial charge in [-0.1, -0.05) is 54.6 Å². The van der Waals surface area contributed by atoms with Gasteiger partial charge < -0.3 is 20.5 Å². The highest BCUT2D eigenvalue weighted by Crippen LogP contribution is 2.35. The maximum absolute atomic E-state index is 12.9. The van der Waals surface area contributed by atoms with E-state index in [1.165, 1.54) is 0 Å². The molecule has 0 saturated carbocycles. The van der Waals surface area contributed by atoms with Crippen LogP contribution >= 0.6 is 0 Å². The first-order valence-electron chi connectivity index (χ1n) is 11.2. The van der Waals surface area contributed by atoms with Crippen LogP contribution in [0.25, 0.3) is 0 Å². The van der Waals surface area contributed by atoms with Gasteiger partial charge in [-0.3, -0.25) is 9.59 Å². The Morgan fingerprint density at radius 2 is 1.79 bits per heavy atom. The summed E-state index contributed by atoms with van der Waals surface area (Å²) in [4.78, 5) is 25.5. The first-order valence-corrected chi connectivity index (χ1v) is 11.2. The third kappa shape index (κ3) is 5.41. The molecule has 0 heterocycles. The van der Waals surface area contributed by atoms with Crippen LogP contribution in [0.4, 0.5) is 5.69 Å². The molecule has 6 heteroatoms. The second kappa shape index (κ2) is 10.3. The van der Waals surface area contributed by atoms with Gasteiger partial charge in [0.2, 0.25) is 0 Å². The second-order valence-electron chi connectivity index (χ2n) is 8.22. The first kappa shape index (κ1) is 22.6. The molecule has 0 bridgehead atoms. The van der Waals surface area contributed by atoms with Gasteiger partial charge in [0.15, 0.2) is 6.61 Å². The molecule has 33 heavy (non-hydrogen) atoms. The van der Waals surface area contributed by atoms with E-state index in [-0.39, 0.29) is 24.5 Å². The van der Waals surface area contributed by atoms with Gasteiger partial charge in [0.1, 0.15) is 5.75 Å². The third-order valence-electron chi connectivity index (χ3n) is 5.88. The van der Waals surface area contributed by atoms with E-state index in [1.54, 1.807) is 24.3 Å². The van der Waals surface area contributed by atoms with Crippen molar-refractivity contribution in [2.24, 2.45) is 0 Å². The first-order chi connectivity index (χ1) is 16.0. The lowest BCUT2D eigenvalue weighted by molar-refractivity contribution is -0.118. The Balaban J connectivity index is 1.40. The minimum atomic E-state index is -0.491. The fraction of sp³-hybridized carbons (Fsp3) is 0.259. The van der Waals surface area contributed by atoms with Crippen LogP contribution in [0.2, 0.25) is 0 Å². The number of rotatable bonds is 7. The van der Waals surface area contributed by atoms with Gasteiger partial charge in [0.05, 0.1) is 23.4 Å². The molecule has 3 aromatic carbocycles. The van der Waals surface area contributed by atoms with Gasteiger partial charge in [-0.05, 0) is 61.1 Å². The number of fused-ring (bicyclic) bond motifs is 1. The Kier molecular flexibility index (Phi) is 7.05. The van der Waals surface area contributed by atoms with Gasteiger partial charge in [-0.15, -0.1) is 0 Å². The van der Waals surface area contributed by atoms with Crippen LogP contribution in [-0.4, -0.2) is 23.5 Å². The molecule has 0 radical (unpaired) electrons. The fourth-order valence-electron chi connectivity index (χ4n) is 4.14. The van der Waals surface area contributed by atoms with E-state index < -0.39 is 6.10 Å². The van der Waals surface area contributed by atoms with Crippen molar-refractivity contribution in [3.8, 4) is 5.75 Å². The number of nitrogens with one attached hydrogen (secondary N) is 2. The lowest BCUT2D eigenvalue weighted by Crippen LogP contribution is -2.28. The van der Waals surface area contributed by atoms with Crippen LogP contribution < -0.4 is 15.4 Å². The Labute approximate surface area is 193 Å². The number of aliphatic hydroxyl groups excluding tert-OH is 1. The molecule has 0 spiro atoms. The van der Waals surface area contributed by atoms with Crippen LogP contribution in [0.1, 0.15) is 59.0 Å². The predicted octanol–water partition coefficient (Wildman–Crippen LogP) is 4.56. The second-order valence-corrected chi connectivity index (χ2v) is 8.22. The Bertz CT molecular complexity index is 1130. The number of amides is 2. The summed E-state index contributed by atoms with van der Waals surface area (Å²) in [7, 11) is 0. The molecule has 0 saturated heterocycles. The van der Waals surface area contributed by atoms with Gasteiger partial charge in [-0.2, -0.15) is 0 Å². The Morgan fingerprint density at radius 3 is 2.61 bits per heavy atom. The molecule has 170 valence electrons. The summed E-state index contributed by atoms with van der Waals surface area (Å²) in [5.41, 5.74) is 3.63. The highest BCUT2D eigenvalue weighted by molar-refractivity contribution is 6.04. The van der Waals surface area contributed by atoms with Crippen LogP contribution in [0.5, 0.6) is 5.75 Å².